The van der Waals surface area contributed by atoms with Crippen LogP contribution >= 0.6 is 11.6 Å². The Balaban J connectivity index is 1.83. The lowest BCUT2D eigenvalue weighted by atomic mass is 10.1. The van der Waals surface area contributed by atoms with E-state index in [0.717, 1.165) is 12.1 Å². The van der Waals surface area contributed by atoms with E-state index < -0.39 is 22.7 Å². The Morgan fingerprint density at radius 2 is 1.93 bits per heavy atom. The first kappa shape index (κ1) is 19.9. The molecule has 3 rings (SSSR count). The molecule has 1 aliphatic rings. The fourth-order valence-electron chi connectivity index (χ4n) is 2.88. The Morgan fingerprint density at radius 1 is 1.25 bits per heavy atom. The minimum Gasteiger partial charge on any atom is -0.399 e. The normalized spacial score (nSPS) is 15.0. The molecular weight excluding hydrogens is 397 g/mol. The summed E-state index contributed by atoms with van der Waals surface area (Å²) in [6.07, 6.45) is 0.0221. The standard InChI is InChI=1S/C17H16ClF3N6O/c18-15-11(2-1-3-12(15)17(19,20)21)16(28)26-5-4-14(13(22)8-26)27(23)10-6-24-9-25-7-10/h1-3,6-7,9H,4-5,8,22-23H2. The molecule has 1 aromatic carbocycles. The third-order valence-corrected chi connectivity index (χ3v) is 4.70. The quantitative estimate of drug-likeness (QED) is 0.593. The van der Waals surface area contributed by atoms with Crippen molar-refractivity contribution in [1.29, 1.82) is 0 Å². The molecule has 148 valence electrons. The van der Waals surface area contributed by atoms with Crippen LogP contribution in [0.5, 0.6) is 0 Å². The number of hydrogen-bond donors (Lipinski definition) is 2. The summed E-state index contributed by atoms with van der Waals surface area (Å²) in [7, 11) is 0. The van der Waals surface area contributed by atoms with E-state index in [1.807, 2.05) is 0 Å². The van der Waals surface area contributed by atoms with Crippen LogP contribution in [0.25, 0.3) is 0 Å². The Morgan fingerprint density at radius 3 is 2.54 bits per heavy atom. The predicted octanol–water partition coefficient (Wildman–Crippen LogP) is 2.55. The molecule has 11 heteroatoms. The average molecular weight is 413 g/mol. The van der Waals surface area contributed by atoms with Gasteiger partial charge in [-0.1, -0.05) is 17.7 Å². The van der Waals surface area contributed by atoms with E-state index in [9.17, 15) is 18.0 Å². The zero-order valence-electron chi connectivity index (χ0n) is 14.4. The van der Waals surface area contributed by atoms with Crippen molar-refractivity contribution in [2.24, 2.45) is 11.6 Å². The number of nitrogens with two attached hydrogens (primary N) is 2. The van der Waals surface area contributed by atoms with Crippen molar-refractivity contribution in [2.75, 3.05) is 18.1 Å². The van der Waals surface area contributed by atoms with Crippen LogP contribution in [0.2, 0.25) is 5.02 Å². The minimum atomic E-state index is -4.65. The van der Waals surface area contributed by atoms with Gasteiger partial charge in [0.05, 0.1) is 46.5 Å². The number of nitrogens with zero attached hydrogens (tertiary/aromatic N) is 4. The molecule has 4 N–H and O–H groups in total. The topological polar surface area (TPSA) is 101 Å². The maximum atomic E-state index is 13.0. The molecule has 7 nitrogen and oxygen atoms in total. The first-order valence-corrected chi connectivity index (χ1v) is 8.50. The van der Waals surface area contributed by atoms with Crippen LogP contribution in [0.1, 0.15) is 22.3 Å². The third kappa shape index (κ3) is 3.87. The van der Waals surface area contributed by atoms with E-state index in [-0.39, 0.29) is 18.7 Å². The van der Waals surface area contributed by atoms with Crippen LogP contribution in [0, 0.1) is 0 Å². The van der Waals surface area contributed by atoms with E-state index in [1.54, 1.807) is 0 Å². The fraction of sp³-hybridized carbons (Fsp3) is 0.235. The summed E-state index contributed by atoms with van der Waals surface area (Å²) < 4.78 is 39.1. The molecule has 2 heterocycles. The Hall–Kier alpha value is -2.85. The summed E-state index contributed by atoms with van der Waals surface area (Å²) in [5, 5.41) is 0.698. The van der Waals surface area contributed by atoms with Gasteiger partial charge < -0.3 is 10.6 Å². The van der Waals surface area contributed by atoms with Crippen LogP contribution in [-0.2, 0) is 6.18 Å². The number of rotatable bonds is 3. The Kier molecular flexibility index (Phi) is 5.43. The summed E-state index contributed by atoms with van der Waals surface area (Å²) in [6.45, 7) is 0.213. The molecule has 1 aliphatic heterocycles. The maximum absolute atomic E-state index is 13.0. The molecule has 2 aromatic rings. The highest BCUT2D eigenvalue weighted by Crippen LogP contribution is 2.36. The largest absolute Gasteiger partial charge is 0.417 e. The number of alkyl halides is 3. The van der Waals surface area contributed by atoms with E-state index >= 15 is 0 Å². The van der Waals surface area contributed by atoms with Crippen molar-refractivity contribution in [1.82, 2.24) is 14.9 Å². The second-order valence-corrected chi connectivity index (χ2v) is 6.46. The van der Waals surface area contributed by atoms with Crippen molar-refractivity contribution in [3.8, 4) is 0 Å². The molecule has 0 saturated heterocycles. The molecule has 0 aliphatic carbocycles. The minimum absolute atomic E-state index is 0.00211. The van der Waals surface area contributed by atoms with Gasteiger partial charge in [0.25, 0.3) is 5.91 Å². The highest BCUT2D eigenvalue weighted by molar-refractivity contribution is 6.34. The predicted molar refractivity (Wildman–Crippen MR) is 96.9 cm³/mol. The van der Waals surface area contributed by atoms with Crippen LogP contribution in [0.15, 0.2) is 48.3 Å². The second-order valence-electron chi connectivity index (χ2n) is 6.08. The maximum Gasteiger partial charge on any atom is 0.417 e. The number of amides is 1. The molecular formula is C17H16ClF3N6O. The van der Waals surface area contributed by atoms with Gasteiger partial charge in [-0.15, -0.1) is 0 Å². The molecule has 0 bridgehead atoms. The summed E-state index contributed by atoms with van der Waals surface area (Å²) in [4.78, 5) is 21.8. The van der Waals surface area contributed by atoms with E-state index in [2.05, 4.69) is 9.97 Å². The van der Waals surface area contributed by atoms with Crippen LogP contribution in [0.4, 0.5) is 18.9 Å². The third-order valence-electron chi connectivity index (χ3n) is 4.29. The smallest absolute Gasteiger partial charge is 0.399 e. The summed E-state index contributed by atoms with van der Waals surface area (Å²) >= 11 is 5.85. The van der Waals surface area contributed by atoms with Gasteiger partial charge in [0, 0.05) is 18.7 Å². The Labute approximate surface area is 163 Å². The molecule has 0 saturated carbocycles. The van der Waals surface area contributed by atoms with Crippen molar-refractivity contribution in [2.45, 2.75) is 12.6 Å². The SMILES string of the molecule is NC1=C(N(N)c2cncnc2)CCN(C(=O)c2cccc(C(F)(F)F)c2Cl)C1. The number of hydrazine groups is 1. The van der Waals surface area contributed by atoms with Crippen LogP contribution in [-0.4, -0.2) is 33.9 Å². The Bertz CT molecular complexity index is 919. The van der Waals surface area contributed by atoms with Crippen molar-refractivity contribution in [3.63, 3.8) is 0 Å². The monoisotopic (exact) mass is 412 g/mol. The number of hydrogen-bond acceptors (Lipinski definition) is 6. The van der Waals surface area contributed by atoms with Crippen LogP contribution < -0.4 is 16.6 Å². The molecule has 0 spiro atoms. The van der Waals surface area contributed by atoms with Gasteiger partial charge in [-0.3, -0.25) is 9.80 Å². The second kappa shape index (κ2) is 7.64. The van der Waals surface area contributed by atoms with E-state index in [4.69, 9.17) is 23.2 Å². The number of carbonyl (C=O) groups excluding carboxylic acids is 1. The average Bonchev–Trinajstić information content (AvgIpc) is 2.67. The molecule has 1 aromatic heterocycles. The highest BCUT2D eigenvalue weighted by atomic mass is 35.5. The van der Waals surface area contributed by atoms with Gasteiger partial charge in [0.1, 0.15) is 6.33 Å². The summed E-state index contributed by atoms with van der Waals surface area (Å²) in [5.74, 6) is 5.42. The fourth-order valence-corrected chi connectivity index (χ4v) is 3.20. The molecule has 0 atom stereocenters. The first-order valence-electron chi connectivity index (χ1n) is 8.12. The van der Waals surface area contributed by atoms with Gasteiger partial charge in [-0.2, -0.15) is 13.2 Å². The van der Waals surface area contributed by atoms with Gasteiger partial charge >= 0.3 is 6.18 Å². The lowest BCUT2D eigenvalue weighted by Crippen LogP contribution is -2.44. The molecule has 0 radical (unpaired) electrons. The van der Waals surface area contributed by atoms with E-state index in [0.29, 0.717) is 23.5 Å². The van der Waals surface area contributed by atoms with Crippen molar-refractivity contribution < 1.29 is 18.0 Å². The van der Waals surface area contributed by atoms with Gasteiger partial charge in [0.2, 0.25) is 0 Å². The molecule has 0 fully saturated rings. The number of benzene rings is 1. The van der Waals surface area contributed by atoms with E-state index in [1.165, 1.54) is 34.7 Å². The van der Waals surface area contributed by atoms with Gasteiger partial charge in [-0.25, -0.2) is 15.8 Å². The summed E-state index contributed by atoms with van der Waals surface area (Å²) in [6, 6.07) is 3.23. The number of halogens is 4. The summed E-state index contributed by atoms with van der Waals surface area (Å²) in [5.41, 5.74) is 6.19. The van der Waals surface area contributed by atoms with Gasteiger partial charge in [0.15, 0.2) is 0 Å². The highest BCUT2D eigenvalue weighted by Gasteiger charge is 2.35. The number of anilines is 1. The number of aromatic nitrogens is 2. The zero-order chi connectivity index (χ0) is 20.5. The molecule has 28 heavy (non-hydrogen) atoms. The lowest BCUT2D eigenvalue weighted by molar-refractivity contribution is -0.137. The van der Waals surface area contributed by atoms with Gasteiger partial charge in [-0.05, 0) is 12.1 Å². The van der Waals surface area contributed by atoms with Crippen molar-refractivity contribution >= 4 is 23.2 Å². The number of carbonyl (C=O) groups is 1. The lowest BCUT2D eigenvalue weighted by Gasteiger charge is -2.33. The van der Waals surface area contributed by atoms with Crippen LogP contribution in [0.3, 0.4) is 0 Å². The molecule has 1 amide bonds. The first-order chi connectivity index (χ1) is 13.2. The zero-order valence-corrected chi connectivity index (χ0v) is 15.2. The van der Waals surface area contributed by atoms with Crippen molar-refractivity contribution in [3.05, 3.63) is 64.5 Å². The molecule has 0 unspecified atom stereocenters.